The van der Waals surface area contributed by atoms with Gasteiger partial charge in [-0.1, -0.05) is 6.92 Å². The lowest BCUT2D eigenvalue weighted by molar-refractivity contribution is -0.124. The van der Waals surface area contributed by atoms with Gasteiger partial charge in [0.15, 0.2) is 11.7 Å². The van der Waals surface area contributed by atoms with Crippen LogP contribution in [0.1, 0.15) is 26.2 Å². The number of thiazole rings is 1. The smallest absolute Gasteiger partial charge is 0.265 e. The van der Waals surface area contributed by atoms with Gasteiger partial charge >= 0.3 is 0 Å². The van der Waals surface area contributed by atoms with Crippen LogP contribution < -0.4 is 15.0 Å². The largest absolute Gasteiger partial charge is 0.482 e. The van der Waals surface area contributed by atoms with E-state index in [2.05, 4.69) is 10.3 Å². The minimum Gasteiger partial charge on any atom is -0.482 e. The fourth-order valence-electron chi connectivity index (χ4n) is 3.26. The highest BCUT2D eigenvalue weighted by Gasteiger charge is 2.26. The van der Waals surface area contributed by atoms with Crippen LogP contribution in [0.5, 0.6) is 5.75 Å². The van der Waals surface area contributed by atoms with E-state index >= 15 is 0 Å². The average molecular weight is 387 g/mol. The lowest BCUT2D eigenvalue weighted by atomic mass is 10.1. The van der Waals surface area contributed by atoms with Crippen LogP contribution in [0.25, 0.3) is 11.3 Å². The summed E-state index contributed by atoms with van der Waals surface area (Å²) in [5.41, 5.74) is 2.39. The number of aromatic nitrogens is 1. The van der Waals surface area contributed by atoms with Crippen LogP contribution in [0.15, 0.2) is 23.6 Å². The normalized spacial score (nSPS) is 18.9. The first-order valence-electron chi connectivity index (χ1n) is 9.11. The summed E-state index contributed by atoms with van der Waals surface area (Å²) < 4.78 is 10.9. The summed E-state index contributed by atoms with van der Waals surface area (Å²) in [4.78, 5) is 30.6. The number of nitrogens with one attached hydrogen (secondary N) is 1. The number of hydrogen-bond donors (Lipinski definition) is 1. The Labute approximate surface area is 161 Å². The molecule has 2 amide bonds. The summed E-state index contributed by atoms with van der Waals surface area (Å²) in [6.45, 7) is 3.39. The third-order valence-electron chi connectivity index (χ3n) is 4.60. The van der Waals surface area contributed by atoms with E-state index in [1.54, 1.807) is 4.90 Å². The zero-order chi connectivity index (χ0) is 18.8. The van der Waals surface area contributed by atoms with Crippen molar-refractivity contribution in [2.75, 3.05) is 30.0 Å². The van der Waals surface area contributed by atoms with Crippen molar-refractivity contribution < 1.29 is 19.1 Å². The maximum atomic E-state index is 12.2. The molecule has 2 aromatic rings. The number of hydrogen-bond acceptors (Lipinski definition) is 6. The van der Waals surface area contributed by atoms with Crippen LogP contribution in [-0.4, -0.2) is 42.7 Å². The Kier molecular flexibility index (Phi) is 5.09. The minimum absolute atomic E-state index is 0.0377. The molecule has 1 aromatic heterocycles. The quantitative estimate of drug-likeness (QED) is 0.853. The van der Waals surface area contributed by atoms with Gasteiger partial charge in [-0.25, -0.2) is 4.98 Å². The van der Waals surface area contributed by atoms with Gasteiger partial charge in [0.25, 0.3) is 11.8 Å². The van der Waals surface area contributed by atoms with E-state index in [1.807, 2.05) is 30.5 Å². The van der Waals surface area contributed by atoms with E-state index in [-0.39, 0.29) is 24.5 Å². The van der Waals surface area contributed by atoms with Crippen molar-refractivity contribution in [3.05, 3.63) is 23.6 Å². The number of ether oxygens (including phenoxy) is 2. The van der Waals surface area contributed by atoms with Gasteiger partial charge in [-0.15, -0.1) is 11.3 Å². The highest BCUT2D eigenvalue weighted by Crippen LogP contribution is 2.37. The van der Waals surface area contributed by atoms with Gasteiger partial charge in [-0.05, 0) is 37.5 Å². The summed E-state index contributed by atoms with van der Waals surface area (Å²) in [6.07, 6.45) is 2.14. The van der Waals surface area contributed by atoms with E-state index < -0.39 is 0 Å². The van der Waals surface area contributed by atoms with Gasteiger partial charge in [0, 0.05) is 24.1 Å². The summed E-state index contributed by atoms with van der Waals surface area (Å²) in [5.74, 6) is 0.519. The van der Waals surface area contributed by atoms with E-state index in [0.29, 0.717) is 24.0 Å². The summed E-state index contributed by atoms with van der Waals surface area (Å²) in [6, 6.07) is 5.70. The Balaban J connectivity index is 1.55. The summed E-state index contributed by atoms with van der Waals surface area (Å²) in [7, 11) is 0. The number of nitrogens with zero attached hydrogens (tertiary/aromatic N) is 2. The molecule has 0 radical (unpaired) electrons. The molecule has 1 fully saturated rings. The maximum absolute atomic E-state index is 12.2. The minimum atomic E-state index is -0.383. The second-order valence-corrected chi connectivity index (χ2v) is 7.40. The fraction of sp³-hybridized carbons (Fsp3) is 0.421. The van der Waals surface area contributed by atoms with Gasteiger partial charge in [0.1, 0.15) is 11.9 Å². The van der Waals surface area contributed by atoms with Gasteiger partial charge in [0.2, 0.25) is 0 Å². The molecule has 7 nitrogen and oxygen atoms in total. The maximum Gasteiger partial charge on any atom is 0.265 e. The standard InChI is InChI=1S/C19H21N3O4S/c1-2-7-22-14-9-12(5-6-15(14)26-10-17(22)23)13-11-27-19(20-13)21-18(24)16-4-3-8-25-16/h5-6,9,11,16H,2-4,7-8,10H2,1H3,(H,20,21,24)/t16-/m1/s1. The van der Waals surface area contributed by atoms with Crippen LogP contribution in [-0.2, 0) is 14.3 Å². The number of benzene rings is 1. The monoisotopic (exact) mass is 387 g/mol. The van der Waals surface area contributed by atoms with Crippen molar-refractivity contribution >= 4 is 34.0 Å². The fourth-order valence-corrected chi connectivity index (χ4v) is 3.99. The lowest BCUT2D eigenvalue weighted by Gasteiger charge is -2.29. The van der Waals surface area contributed by atoms with Gasteiger partial charge < -0.3 is 14.4 Å². The van der Waals surface area contributed by atoms with Crippen LogP contribution >= 0.6 is 11.3 Å². The number of carbonyl (C=O) groups is 2. The van der Waals surface area contributed by atoms with Crippen molar-refractivity contribution in [1.29, 1.82) is 0 Å². The Hall–Kier alpha value is -2.45. The number of rotatable bonds is 5. The van der Waals surface area contributed by atoms with Crippen molar-refractivity contribution in [1.82, 2.24) is 4.98 Å². The van der Waals surface area contributed by atoms with E-state index in [0.717, 1.165) is 36.2 Å². The molecule has 0 saturated carbocycles. The summed E-state index contributed by atoms with van der Waals surface area (Å²) in [5, 5.41) is 5.26. The molecular weight excluding hydrogens is 366 g/mol. The first kappa shape index (κ1) is 17.9. The SMILES string of the molecule is CCCN1C(=O)COc2ccc(-c3csc(NC(=O)[C@H]4CCCO4)n3)cc21. The third kappa shape index (κ3) is 3.68. The number of fused-ring (bicyclic) bond motifs is 1. The second-order valence-electron chi connectivity index (χ2n) is 6.55. The molecule has 0 spiro atoms. The van der Waals surface area contributed by atoms with Gasteiger partial charge in [-0.2, -0.15) is 0 Å². The summed E-state index contributed by atoms with van der Waals surface area (Å²) >= 11 is 1.37. The molecule has 1 N–H and O–H groups in total. The lowest BCUT2D eigenvalue weighted by Crippen LogP contribution is -2.39. The van der Waals surface area contributed by atoms with E-state index in [4.69, 9.17) is 9.47 Å². The van der Waals surface area contributed by atoms with Crippen molar-refractivity contribution in [2.45, 2.75) is 32.3 Å². The Morgan fingerprint density at radius 3 is 3.11 bits per heavy atom. The first-order valence-corrected chi connectivity index (χ1v) is 9.99. The van der Waals surface area contributed by atoms with Crippen LogP contribution in [0.3, 0.4) is 0 Å². The van der Waals surface area contributed by atoms with Crippen LogP contribution in [0.4, 0.5) is 10.8 Å². The molecule has 27 heavy (non-hydrogen) atoms. The number of amides is 2. The molecule has 1 aromatic carbocycles. The highest BCUT2D eigenvalue weighted by atomic mass is 32.1. The number of anilines is 2. The van der Waals surface area contributed by atoms with E-state index in [9.17, 15) is 9.59 Å². The topological polar surface area (TPSA) is 80.8 Å². The molecule has 142 valence electrons. The second kappa shape index (κ2) is 7.66. The highest BCUT2D eigenvalue weighted by molar-refractivity contribution is 7.14. The Bertz CT molecular complexity index is 860. The first-order chi connectivity index (χ1) is 13.2. The van der Waals surface area contributed by atoms with E-state index in [1.165, 1.54) is 11.3 Å². The van der Waals surface area contributed by atoms with Crippen molar-refractivity contribution in [3.8, 4) is 17.0 Å². The predicted octanol–water partition coefficient (Wildman–Crippen LogP) is 3.06. The predicted molar refractivity (Wildman–Crippen MR) is 103 cm³/mol. The zero-order valence-corrected chi connectivity index (χ0v) is 15.9. The molecule has 2 aliphatic rings. The molecule has 0 bridgehead atoms. The molecule has 3 heterocycles. The van der Waals surface area contributed by atoms with Crippen molar-refractivity contribution in [2.24, 2.45) is 0 Å². The molecular formula is C19H21N3O4S. The van der Waals surface area contributed by atoms with Crippen molar-refractivity contribution in [3.63, 3.8) is 0 Å². The Morgan fingerprint density at radius 2 is 2.33 bits per heavy atom. The van der Waals surface area contributed by atoms with Crippen LogP contribution in [0, 0.1) is 0 Å². The molecule has 2 aliphatic heterocycles. The molecule has 1 atom stereocenters. The van der Waals surface area contributed by atoms with Crippen LogP contribution in [0.2, 0.25) is 0 Å². The molecule has 0 aliphatic carbocycles. The molecule has 8 heteroatoms. The number of carbonyl (C=O) groups excluding carboxylic acids is 2. The Morgan fingerprint density at radius 1 is 1.44 bits per heavy atom. The molecule has 4 rings (SSSR count). The van der Waals surface area contributed by atoms with Gasteiger partial charge in [-0.3, -0.25) is 14.9 Å². The molecule has 0 unspecified atom stereocenters. The zero-order valence-electron chi connectivity index (χ0n) is 15.1. The average Bonchev–Trinajstić information content (AvgIpc) is 3.36. The molecule has 1 saturated heterocycles. The third-order valence-corrected chi connectivity index (χ3v) is 5.36. The van der Waals surface area contributed by atoms with Gasteiger partial charge in [0.05, 0.1) is 11.4 Å².